The van der Waals surface area contributed by atoms with Crippen LogP contribution in [0.1, 0.15) is 20.9 Å². The van der Waals surface area contributed by atoms with Gasteiger partial charge in [-0.2, -0.15) is 0 Å². The number of methoxy groups -OCH3 is 1. The Morgan fingerprint density at radius 3 is 2.80 bits per heavy atom. The Kier molecular flexibility index (Phi) is 4.57. The lowest BCUT2D eigenvalue weighted by Gasteiger charge is -2.11. The number of aryl methyl sites for hydroxylation is 1. The fourth-order valence-corrected chi connectivity index (χ4v) is 2.50. The van der Waals surface area contributed by atoms with Crippen molar-refractivity contribution < 1.29 is 19.4 Å². The topological polar surface area (TPSA) is 68.7 Å². The molecular weight excluding hydrogens is 278 g/mol. The van der Waals surface area contributed by atoms with E-state index in [1.165, 1.54) is 24.1 Å². The lowest BCUT2D eigenvalue weighted by Crippen LogP contribution is -2.04. The number of benzene rings is 1. The molecule has 0 radical (unpaired) electrons. The average Bonchev–Trinajstić information content (AvgIpc) is 2.84. The number of aromatic nitrogens is 1. The predicted octanol–water partition coefficient (Wildman–Crippen LogP) is 2.78. The van der Waals surface area contributed by atoms with Gasteiger partial charge in [0.25, 0.3) is 0 Å². The number of thiazole rings is 1. The SMILES string of the molecule is COc1ccc(C(=O)O)cc1OCCc1scnc1C. The highest BCUT2D eigenvalue weighted by molar-refractivity contribution is 7.09. The van der Waals surface area contributed by atoms with Crippen molar-refractivity contribution in [1.29, 1.82) is 0 Å². The van der Waals surface area contributed by atoms with Crippen LogP contribution in [-0.2, 0) is 6.42 Å². The highest BCUT2D eigenvalue weighted by Crippen LogP contribution is 2.28. The quantitative estimate of drug-likeness (QED) is 0.887. The summed E-state index contributed by atoms with van der Waals surface area (Å²) in [5.74, 6) is -0.0265. The molecule has 0 unspecified atom stereocenters. The second-order valence-electron chi connectivity index (χ2n) is 4.13. The molecule has 0 aliphatic rings. The van der Waals surface area contributed by atoms with Crippen LogP contribution in [0.25, 0.3) is 0 Å². The van der Waals surface area contributed by atoms with Crippen molar-refractivity contribution in [3.05, 3.63) is 39.8 Å². The van der Waals surface area contributed by atoms with Gasteiger partial charge in [-0.15, -0.1) is 11.3 Å². The van der Waals surface area contributed by atoms with Gasteiger partial charge in [0.1, 0.15) is 0 Å². The molecule has 5 nitrogen and oxygen atoms in total. The van der Waals surface area contributed by atoms with Crippen LogP contribution in [0.15, 0.2) is 23.7 Å². The van der Waals surface area contributed by atoms with E-state index in [2.05, 4.69) is 4.98 Å². The highest BCUT2D eigenvalue weighted by atomic mass is 32.1. The summed E-state index contributed by atoms with van der Waals surface area (Å²) in [5.41, 5.74) is 2.98. The Hall–Kier alpha value is -2.08. The number of ether oxygens (including phenoxy) is 2. The maximum absolute atomic E-state index is 11.0. The van der Waals surface area contributed by atoms with E-state index in [1.807, 2.05) is 6.92 Å². The summed E-state index contributed by atoms with van der Waals surface area (Å²) >= 11 is 1.59. The minimum absolute atomic E-state index is 0.176. The highest BCUT2D eigenvalue weighted by Gasteiger charge is 2.10. The van der Waals surface area contributed by atoms with Gasteiger partial charge in [0.2, 0.25) is 0 Å². The minimum atomic E-state index is -0.990. The number of rotatable bonds is 6. The van der Waals surface area contributed by atoms with E-state index in [0.29, 0.717) is 18.1 Å². The van der Waals surface area contributed by atoms with Crippen LogP contribution in [0.2, 0.25) is 0 Å². The fraction of sp³-hybridized carbons (Fsp3) is 0.286. The number of aromatic carboxylic acids is 1. The van der Waals surface area contributed by atoms with Crippen LogP contribution >= 0.6 is 11.3 Å². The van der Waals surface area contributed by atoms with Crippen molar-refractivity contribution in [2.45, 2.75) is 13.3 Å². The molecule has 0 aliphatic heterocycles. The van der Waals surface area contributed by atoms with Crippen LogP contribution in [0.3, 0.4) is 0 Å². The molecule has 0 saturated heterocycles. The summed E-state index contributed by atoms with van der Waals surface area (Å²) in [6, 6.07) is 4.55. The molecule has 2 aromatic rings. The summed E-state index contributed by atoms with van der Waals surface area (Å²) < 4.78 is 10.8. The molecule has 20 heavy (non-hydrogen) atoms. The Labute approximate surface area is 120 Å². The molecule has 1 aromatic carbocycles. The van der Waals surface area contributed by atoms with Crippen molar-refractivity contribution in [1.82, 2.24) is 4.98 Å². The van der Waals surface area contributed by atoms with Gasteiger partial charge in [0.05, 0.1) is 30.5 Å². The van der Waals surface area contributed by atoms with Crippen molar-refractivity contribution in [3.63, 3.8) is 0 Å². The number of nitrogens with zero attached hydrogens (tertiary/aromatic N) is 1. The number of carbonyl (C=O) groups is 1. The largest absolute Gasteiger partial charge is 0.493 e. The Balaban J connectivity index is 2.06. The molecule has 0 aliphatic carbocycles. The van der Waals surface area contributed by atoms with E-state index in [9.17, 15) is 4.79 Å². The second-order valence-corrected chi connectivity index (χ2v) is 5.07. The third kappa shape index (κ3) is 3.27. The van der Waals surface area contributed by atoms with E-state index in [-0.39, 0.29) is 5.56 Å². The Bertz CT molecular complexity index is 609. The monoisotopic (exact) mass is 293 g/mol. The zero-order valence-electron chi connectivity index (χ0n) is 11.3. The first-order valence-electron chi connectivity index (χ1n) is 6.05. The molecule has 0 amide bonds. The molecule has 0 spiro atoms. The van der Waals surface area contributed by atoms with E-state index in [4.69, 9.17) is 14.6 Å². The molecule has 0 atom stereocenters. The van der Waals surface area contributed by atoms with Crippen molar-refractivity contribution in [3.8, 4) is 11.5 Å². The molecule has 106 valence electrons. The fourth-order valence-electron chi connectivity index (χ4n) is 1.74. The van der Waals surface area contributed by atoms with Gasteiger partial charge < -0.3 is 14.6 Å². The van der Waals surface area contributed by atoms with Crippen molar-refractivity contribution in [2.75, 3.05) is 13.7 Å². The van der Waals surface area contributed by atoms with Gasteiger partial charge in [-0.3, -0.25) is 0 Å². The summed E-state index contributed by atoms with van der Waals surface area (Å²) in [6.07, 6.45) is 0.733. The zero-order valence-corrected chi connectivity index (χ0v) is 12.1. The normalized spacial score (nSPS) is 10.3. The number of hydrogen-bond acceptors (Lipinski definition) is 5. The number of carboxylic acid groups (broad SMARTS) is 1. The molecule has 0 saturated carbocycles. The Morgan fingerprint density at radius 2 is 2.20 bits per heavy atom. The molecule has 2 rings (SSSR count). The van der Waals surface area contributed by atoms with Gasteiger partial charge in [-0.25, -0.2) is 9.78 Å². The number of hydrogen-bond donors (Lipinski definition) is 1. The van der Waals surface area contributed by atoms with Crippen molar-refractivity contribution >= 4 is 17.3 Å². The van der Waals surface area contributed by atoms with Crippen LogP contribution in [-0.4, -0.2) is 29.8 Å². The molecule has 1 N–H and O–H groups in total. The van der Waals surface area contributed by atoms with Crippen molar-refractivity contribution in [2.24, 2.45) is 0 Å². The maximum Gasteiger partial charge on any atom is 0.335 e. The van der Waals surface area contributed by atoms with Crippen LogP contribution in [0.5, 0.6) is 11.5 Å². The second kappa shape index (κ2) is 6.38. The summed E-state index contributed by atoms with van der Waals surface area (Å²) in [4.78, 5) is 16.3. The van der Waals surface area contributed by atoms with Gasteiger partial charge in [-0.1, -0.05) is 0 Å². The van der Waals surface area contributed by atoms with Crippen LogP contribution < -0.4 is 9.47 Å². The summed E-state index contributed by atoms with van der Waals surface area (Å²) in [6.45, 7) is 2.40. The lowest BCUT2D eigenvalue weighted by atomic mass is 10.2. The smallest absolute Gasteiger partial charge is 0.335 e. The van der Waals surface area contributed by atoms with E-state index in [0.717, 1.165) is 12.1 Å². The van der Waals surface area contributed by atoms with Crippen LogP contribution in [0, 0.1) is 6.92 Å². The molecule has 6 heteroatoms. The van der Waals surface area contributed by atoms with E-state index in [1.54, 1.807) is 22.9 Å². The van der Waals surface area contributed by atoms with Gasteiger partial charge in [-0.05, 0) is 25.1 Å². The predicted molar refractivity (Wildman–Crippen MR) is 76.0 cm³/mol. The molecular formula is C14H15NO4S. The first kappa shape index (κ1) is 14.3. The summed E-state index contributed by atoms with van der Waals surface area (Å²) in [7, 11) is 1.52. The molecule has 0 fully saturated rings. The maximum atomic E-state index is 11.0. The average molecular weight is 293 g/mol. The zero-order chi connectivity index (χ0) is 14.5. The molecule has 1 aromatic heterocycles. The minimum Gasteiger partial charge on any atom is -0.493 e. The molecule has 0 bridgehead atoms. The first-order chi connectivity index (χ1) is 9.61. The number of carboxylic acids is 1. The standard InChI is InChI=1S/C14H15NO4S/c1-9-13(20-8-15-9)5-6-19-12-7-10(14(16)17)3-4-11(12)18-2/h3-4,7-8H,5-6H2,1-2H3,(H,16,17). The van der Waals surface area contributed by atoms with E-state index >= 15 is 0 Å². The first-order valence-corrected chi connectivity index (χ1v) is 6.93. The van der Waals surface area contributed by atoms with Gasteiger partial charge >= 0.3 is 5.97 Å². The van der Waals surface area contributed by atoms with E-state index < -0.39 is 5.97 Å². The van der Waals surface area contributed by atoms with Crippen LogP contribution in [0.4, 0.5) is 0 Å². The Morgan fingerprint density at radius 1 is 1.40 bits per heavy atom. The third-order valence-corrected chi connectivity index (χ3v) is 3.84. The third-order valence-electron chi connectivity index (χ3n) is 2.84. The van der Waals surface area contributed by atoms with Gasteiger partial charge in [0.15, 0.2) is 11.5 Å². The summed E-state index contributed by atoms with van der Waals surface area (Å²) in [5, 5.41) is 8.98. The molecule has 1 heterocycles. The van der Waals surface area contributed by atoms with Gasteiger partial charge in [0, 0.05) is 11.3 Å². The lowest BCUT2D eigenvalue weighted by molar-refractivity contribution is 0.0696.